The zero-order chi connectivity index (χ0) is 17.9. The molecule has 3 nitrogen and oxygen atoms in total. The number of hydrogen-bond donors (Lipinski definition) is 2. The molecule has 0 atom stereocenters. The number of anilines is 1. The zero-order valence-corrected chi connectivity index (χ0v) is 17.0. The van der Waals surface area contributed by atoms with Crippen molar-refractivity contribution in [3.05, 3.63) is 58.1 Å². The lowest BCUT2D eigenvalue weighted by atomic mass is 9.88. The number of aryl methyl sites for hydroxylation is 1. The van der Waals surface area contributed by atoms with Crippen LogP contribution in [0.5, 0.6) is 5.75 Å². The van der Waals surface area contributed by atoms with Crippen molar-refractivity contribution in [1.82, 2.24) is 5.32 Å². The van der Waals surface area contributed by atoms with Crippen LogP contribution in [-0.4, -0.2) is 12.2 Å². The summed E-state index contributed by atoms with van der Waals surface area (Å²) in [4.78, 5) is 0. The molecule has 2 N–H and O–H groups in total. The first-order valence-corrected chi connectivity index (χ1v) is 9.72. The molecule has 0 radical (unpaired) electrons. The molecule has 25 heavy (non-hydrogen) atoms. The van der Waals surface area contributed by atoms with E-state index in [1.165, 1.54) is 24.0 Å². The average Bonchev–Trinajstić information content (AvgIpc) is 3.08. The van der Waals surface area contributed by atoms with Gasteiger partial charge in [0.1, 0.15) is 5.75 Å². The third kappa shape index (κ3) is 4.15. The first-order chi connectivity index (χ1) is 12.0. The molecule has 1 saturated carbocycles. The molecule has 1 aliphatic rings. The Morgan fingerprint density at radius 3 is 2.40 bits per heavy atom. The number of benzene rings is 2. The molecular weight excluding hydrogens is 396 g/mol. The highest BCUT2D eigenvalue weighted by atomic mass is 79.9. The number of halogens is 1. The van der Waals surface area contributed by atoms with Gasteiger partial charge in [0.25, 0.3) is 0 Å². The van der Waals surface area contributed by atoms with Crippen LogP contribution in [0, 0.1) is 6.92 Å². The van der Waals surface area contributed by atoms with Crippen molar-refractivity contribution in [3.8, 4) is 5.75 Å². The van der Waals surface area contributed by atoms with E-state index in [0.717, 1.165) is 28.8 Å². The largest absolute Gasteiger partial charge is 0.497 e. The quantitative estimate of drug-likeness (QED) is 0.640. The van der Waals surface area contributed by atoms with E-state index in [0.29, 0.717) is 5.11 Å². The highest BCUT2D eigenvalue weighted by Gasteiger charge is 2.36. The second-order valence-electron chi connectivity index (χ2n) is 6.56. The summed E-state index contributed by atoms with van der Waals surface area (Å²) < 4.78 is 6.38. The van der Waals surface area contributed by atoms with E-state index in [9.17, 15) is 0 Å². The highest BCUT2D eigenvalue weighted by Crippen LogP contribution is 2.39. The van der Waals surface area contributed by atoms with Crippen molar-refractivity contribution in [2.24, 2.45) is 0 Å². The summed E-state index contributed by atoms with van der Waals surface area (Å²) in [5.41, 5.74) is 3.35. The van der Waals surface area contributed by atoms with E-state index < -0.39 is 0 Å². The molecule has 0 amide bonds. The molecule has 1 aliphatic carbocycles. The van der Waals surface area contributed by atoms with Gasteiger partial charge in [-0.3, -0.25) is 0 Å². The SMILES string of the molecule is COc1ccc(C2(NC(=S)Nc3ccc(Br)c(C)c3)CCCC2)cc1. The Balaban J connectivity index is 1.76. The third-order valence-corrected chi connectivity index (χ3v) is 5.96. The summed E-state index contributed by atoms with van der Waals surface area (Å²) in [6.07, 6.45) is 4.58. The standard InChI is InChI=1S/C20H23BrN2OS/c1-14-13-16(7-10-18(14)21)22-19(25)23-20(11-3-4-12-20)15-5-8-17(24-2)9-6-15/h5-10,13H,3-4,11-12H2,1-2H3,(H2,22,23,25). The Morgan fingerprint density at radius 2 is 1.80 bits per heavy atom. The summed E-state index contributed by atoms with van der Waals surface area (Å²) >= 11 is 9.14. The van der Waals surface area contributed by atoms with Crippen LogP contribution in [-0.2, 0) is 5.54 Å². The number of thiocarbonyl (C=S) groups is 1. The summed E-state index contributed by atoms with van der Waals surface area (Å²) in [5, 5.41) is 7.59. The maximum atomic E-state index is 5.61. The lowest BCUT2D eigenvalue weighted by molar-refractivity contribution is 0.401. The van der Waals surface area contributed by atoms with Gasteiger partial charge in [-0.2, -0.15) is 0 Å². The van der Waals surface area contributed by atoms with Gasteiger partial charge >= 0.3 is 0 Å². The molecule has 0 heterocycles. The summed E-state index contributed by atoms with van der Waals surface area (Å²) in [7, 11) is 1.69. The van der Waals surface area contributed by atoms with Gasteiger partial charge in [-0.25, -0.2) is 0 Å². The third-order valence-electron chi connectivity index (χ3n) is 4.87. The van der Waals surface area contributed by atoms with Gasteiger partial charge in [-0.15, -0.1) is 0 Å². The van der Waals surface area contributed by atoms with Gasteiger partial charge in [0, 0.05) is 10.2 Å². The number of hydrogen-bond acceptors (Lipinski definition) is 2. The van der Waals surface area contributed by atoms with Crippen LogP contribution in [0.4, 0.5) is 5.69 Å². The molecule has 0 spiro atoms. The van der Waals surface area contributed by atoms with Crippen molar-refractivity contribution in [1.29, 1.82) is 0 Å². The fourth-order valence-corrected chi connectivity index (χ4v) is 4.04. The van der Waals surface area contributed by atoms with Crippen LogP contribution >= 0.6 is 28.1 Å². The Kier molecular flexibility index (Phi) is 5.64. The molecule has 0 aromatic heterocycles. The highest BCUT2D eigenvalue weighted by molar-refractivity contribution is 9.10. The smallest absolute Gasteiger partial charge is 0.171 e. The molecule has 1 fully saturated rings. The predicted octanol–water partition coefficient (Wildman–Crippen LogP) is 5.52. The van der Waals surface area contributed by atoms with Gasteiger partial charge in [0.05, 0.1) is 12.6 Å². The summed E-state index contributed by atoms with van der Waals surface area (Å²) in [5.74, 6) is 0.878. The molecule has 5 heteroatoms. The fourth-order valence-electron chi connectivity index (χ4n) is 3.48. The van der Waals surface area contributed by atoms with Gasteiger partial charge in [0.15, 0.2) is 5.11 Å². The minimum atomic E-state index is -0.0965. The summed E-state index contributed by atoms with van der Waals surface area (Å²) in [6.45, 7) is 2.07. The minimum absolute atomic E-state index is 0.0965. The van der Waals surface area contributed by atoms with Gasteiger partial charge < -0.3 is 15.4 Å². The lowest BCUT2D eigenvalue weighted by Gasteiger charge is -2.32. The number of ether oxygens (including phenoxy) is 1. The monoisotopic (exact) mass is 418 g/mol. The topological polar surface area (TPSA) is 33.3 Å². The van der Waals surface area contributed by atoms with E-state index >= 15 is 0 Å². The van der Waals surface area contributed by atoms with Crippen molar-refractivity contribution in [3.63, 3.8) is 0 Å². The maximum Gasteiger partial charge on any atom is 0.171 e. The minimum Gasteiger partial charge on any atom is -0.497 e. The lowest BCUT2D eigenvalue weighted by Crippen LogP contribution is -2.45. The Hall–Kier alpha value is -1.59. The molecular formula is C20H23BrN2OS. The van der Waals surface area contributed by atoms with Crippen molar-refractivity contribution in [2.45, 2.75) is 38.1 Å². The van der Waals surface area contributed by atoms with Gasteiger partial charge in [-0.05, 0) is 73.4 Å². The average molecular weight is 419 g/mol. The first kappa shape index (κ1) is 18.2. The van der Waals surface area contributed by atoms with Crippen molar-refractivity contribution in [2.75, 3.05) is 12.4 Å². The second kappa shape index (κ2) is 7.75. The molecule has 132 valence electrons. The molecule has 0 saturated heterocycles. The molecule has 0 unspecified atom stereocenters. The maximum absolute atomic E-state index is 5.61. The molecule has 3 rings (SSSR count). The Bertz CT molecular complexity index is 755. The van der Waals surface area contributed by atoms with E-state index in [1.54, 1.807) is 7.11 Å². The van der Waals surface area contributed by atoms with Crippen LogP contribution < -0.4 is 15.4 Å². The van der Waals surface area contributed by atoms with Crippen LogP contribution in [0.2, 0.25) is 0 Å². The molecule has 2 aromatic rings. The van der Waals surface area contributed by atoms with Gasteiger partial charge in [0.2, 0.25) is 0 Å². The fraction of sp³-hybridized carbons (Fsp3) is 0.350. The van der Waals surface area contributed by atoms with E-state index in [-0.39, 0.29) is 5.54 Å². The normalized spacial score (nSPS) is 15.6. The molecule has 0 aliphatic heterocycles. The van der Waals surface area contributed by atoms with Crippen LogP contribution in [0.15, 0.2) is 46.9 Å². The van der Waals surface area contributed by atoms with Crippen LogP contribution in [0.25, 0.3) is 0 Å². The van der Waals surface area contributed by atoms with E-state index in [1.807, 2.05) is 24.3 Å². The second-order valence-corrected chi connectivity index (χ2v) is 7.82. The number of rotatable bonds is 4. The van der Waals surface area contributed by atoms with Gasteiger partial charge in [-0.1, -0.05) is 40.9 Å². The number of nitrogens with one attached hydrogen (secondary N) is 2. The van der Waals surface area contributed by atoms with Crippen molar-refractivity contribution < 1.29 is 4.74 Å². The van der Waals surface area contributed by atoms with Crippen molar-refractivity contribution >= 4 is 38.9 Å². The van der Waals surface area contributed by atoms with E-state index in [4.69, 9.17) is 17.0 Å². The van der Waals surface area contributed by atoms with Crippen LogP contribution in [0.1, 0.15) is 36.8 Å². The number of methoxy groups -OCH3 is 1. The molecule has 0 bridgehead atoms. The predicted molar refractivity (Wildman–Crippen MR) is 111 cm³/mol. The Morgan fingerprint density at radius 1 is 1.12 bits per heavy atom. The van der Waals surface area contributed by atoms with Crippen LogP contribution in [0.3, 0.4) is 0 Å². The first-order valence-electron chi connectivity index (χ1n) is 8.52. The van der Waals surface area contributed by atoms with E-state index in [2.05, 4.69) is 51.7 Å². The zero-order valence-electron chi connectivity index (χ0n) is 14.6. The molecule has 2 aromatic carbocycles. The Labute approximate surface area is 163 Å². The summed E-state index contributed by atoms with van der Waals surface area (Å²) in [6, 6.07) is 14.5.